The number of benzene rings is 1. The highest BCUT2D eigenvalue weighted by Crippen LogP contribution is 2.24. The number of rotatable bonds is 5. The van der Waals surface area contributed by atoms with Crippen molar-refractivity contribution in [2.24, 2.45) is 21.5 Å². The number of halogens is 1. The van der Waals surface area contributed by atoms with Gasteiger partial charge in [-0.05, 0) is 24.6 Å². The van der Waals surface area contributed by atoms with Gasteiger partial charge in [0.15, 0.2) is 5.96 Å². The zero-order valence-electron chi connectivity index (χ0n) is 15.1. The summed E-state index contributed by atoms with van der Waals surface area (Å²) in [6.07, 6.45) is 0. The number of hydrogen-bond donors (Lipinski definition) is 3. The number of hydrogen-bond acceptors (Lipinski definition) is 5. The first-order chi connectivity index (χ1) is 12.9. The zero-order chi connectivity index (χ0) is 19.8. The van der Waals surface area contributed by atoms with E-state index in [1.165, 1.54) is 11.8 Å². The van der Waals surface area contributed by atoms with E-state index in [0.29, 0.717) is 35.6 Å². The predicted octanol–water partition coefficient (Wildman–Crippen LogP) is 2.55. The second-order valence-electron chi connectivity index (χ2n) is 5.70. The van der Waals surface area contributed by atoms with Crippen LogP contribution in [0, 0.1) is 6.92 Å². The minimum atomic E-state index is -0.0709. The largest absolute Gasteiger partial charge is 0.378 e. The van der Waals surface area contributed by atoms with Crippen molar-refractivity contribution in [3.8, 4) is 0 Å². The Morgan fingerprint density at radius 3 is 2.74 bits per heavy atom. The van der Waals surface area contributed by atoms with Crippen molar-refractivity contribution in [2.75, 3.05) is 37.4 Å². The summed E-state index contributed by atoms with van der Waals surface area (Å²) in [6.45, 7) is 8.75. The molecule has 1 aliphatic rings. The Balaban J connectivity index is 2.03. The summed E-state index contributed by atoms with van der Waals surface area (Å²) in [4.78, 5) is 10.6. The van der Waals surface area contributed by atoms with E-state index in [-0.39, 0.29) is 5.96 Å². The van der Waals surface area contributed by atoms with E-state index >= 15 is 0 Å². The summed E-state index contributed by atoms with van der Waals surface area (Å²) in [7, 11) is 0. The van der Waals surface area contributed by atoms with Gasteiger partial charge in [0.2, 0.25) is 0 Å². The molecule has 0 spiro atoms. The van der Waals surface area contributed by atoms with Crippen LogP contribution in [-0.4, -0.2) is 53.1 Å². The third-order valence-corrected chi connectivity index (χ3v) is 5.59. The molecule has 0 aliphatic carbocycles. The van der Waals surface area contributed by atoms with E-state index in [4.69, 9.17) is 40.0 Å². The van der Waals surface area contributed by atoms with Gasteiger partial charge in [-0.2, -0.15) is 4.99 Å². The smallest absolute Gasteiger partial charge is 0.192 e. The number of nitrogens with one attached hydrogen (secondary N) is 1. The Labute approximate surface area is 173 Å². The number of guanidine groups is 1. The average molecular weight is 427 g/mol. The number of aliphatic imine (C=N–C) groups is 2. The molecule has 1 fully saturated rings. The van der Waals surface area contributed by atoms with E-state index in [1.807, 2.05) is 25.1 Å². The molecule has 146 valence electrons. The lowest BCUT2D eigenvalue weighted by atomic mass is 10.2. The molecule has 0 saturated carbocycles. The molecule has 0 unspecified atom stereocenters. The van der Waals surface area contributed by atoms with Crippen LogP contribution in [0.5, 0.6) is 0 Å². The third kappa shape index (κ3) is 7.02. The Kier molecular flexibility index (Phi) is 8.36. The molecule has 7 nitrogen and oxygen atoms in total. The summed E-state index contributed by atoms with van der Waals surface area (Å²) >= 11 is 13.1. The normalized spacial score (nSPS) is 14.6. The van der Waals surface area contributed by atoms with Crippen molar-refractivity contribution in [2.45, 2.75) is 6.92 Å². The molecule has 0 aromatic heterocycles. The topological polar surface area (TPSA) is 101 Å². The van der Waals surface area contributed by atoms with Crippen LogP contribution in [-0.2, 0) is 4.74 Å². The summed E-state index contributed by atoms with van der Waals surface area (Å²) in [6, 6.07) is 5.56. The maximum absolute atomic E-state index is 6.14. The Morgan fingerprint density at radius 1 is 1.37 bits per heavy atom. The molecule has 27 heavy (non-hydrogen) atoms. The number of ether oxygens (including phenoxy) is 1. The fourth-order valence-electron chi connectivity index (χ4n) is 2.28. The lowest BCUT2D eigenvalue weighted by Gasteiger charge is -2.28. The fourth-order valence-corrected chi connectivity index (χ4v) is 3.56. The van der Waals surface area contributed by atoms with Gasteiger partial charge in [-0.25, -0.2) is 4.99 Å². The highest BCUT2D eigenvalue weighted by atomic mass is 35.5. The van der Waals surface area contributed by atoms with E-state index < -0.39 is 0 Å². The maximum atomic E-state index is 6.14. The second-order valence-corrected chi connectivity index (χ2v) is 7.72. The van der Waals surface area contributed by atoms with Crippen LogP contribution in [0.2, 0.25) is 5.02 Å². The van der Waals surface area contributed by atoms with E-state index in [1.54, 1.807) is 0 Å². The number of morpholine rings is 1. The van der Waals surface area contributed by atoms with Crippen molar-refractivity contribution in [1.29, 1.82) is 0 Å². The molecular weight excluding hydrogens is 404 g/mol. The first kappa shape index (κ1) is 21.5. The summed E-state index contributed by atoms with van der Waals surface area (Å²) in [5.41, 5.74) is 12.8. The molecule has 1 aliphatic heterocycles. The molecule has 10 heteroatoms. The molecule has 2 rings (SSSR count). The fraction of sp³-hybridized carbons (Fsp3) is 0.353. The minimum absolute atomic E-state index is 0.0709. The Hall–Kier alpha value is -1.81. The van der Waals surface area contributed by atoms with E-state index in [2.05, 4.69) is 26.8 Å². The molecule has 1 saturated heterocycles. The highest BCUT2D eigenvalue weighted by molar-refractivity contribution is 8.23. The van der Waals surface area contributed by atoms with Gasteiger partial charge in [-0.3, -0.25) is 0 Å². The maximum Gasteiger partial charge on any atom is 0.192 e. The lowest BCUT2D eigenvalue weighted by Crippen LogP contribution is -2.38. The summed E-state index contributed by atoms with van der Waals surface area (Å²) < 4.78 is 6.10. The Bertz CT molecular complexity index is 758. The van der Waals surface area contributed by atoms with Gasteiger partial charge in [-0.15, -0.1) is 0 Å². The van der Waals surface area contributed by atoms with Crippen molar-refractivity contribution in [3.05, 3.63) is 41.2 Å². The average Bonchev–Trinajstić information content (AvgIpc) is 2.63. The molecule has 0 atom stereocenters. The molecule has 1 heterocycles. The van der Waals surface area contributed by atoms with Gasteiger partial charge in [0, 0.05) is 23.8 Å². The number of anilines is 1. The van der Waals surface area contributed by atoms with Crippen LogP contribution in [0.3, 0.4) is 0 Å². The van der Waals surface area contributed by atoms with Crippen molar-refractivity contribution >= 4 is 57.4 Å². The molecule has 1 aromatic rings. The first-order valence-electron chi connectivity index (χ1n) is 8.24. The highest BCUT2D eigenvalue weighted by Gasteiger charge is 2.15. The SMILES string of the molecule is C=C(N=C(CSC(=S)N1CCOCC1)N=C(N)N)Nc1cccc(Cl)c1C. The van der Waals surface area contributed by atoms with Crippen LogP contribution in [0.15, 0.2) is 40.6 Å². The quantitative estimate of drug-likeness (QED) is 0.377. The van der Waals surface area contributed by atoms with Gasteiger partial charge in [0.25, 0.3) is 0 Å². The zero-order valence-corrected chi connectivity index (χ0v) is 17.5. The number of nitrogens with two attached hydrogens (primary N) is 2. The van der Waals surface area contributed by atoms with Crippen molar-refractivity contribution in [1.82, 2.24) is 4.90 Å². The van der Waals surface area contributed by atoms with Gasteiger partial charge in [0.05, 0.1) is 19.0 Å². The molecule has 0 radical (unpaired) electrons. The molecule has 0 amide bonds. The standard InChI is InChI=1S/C17H23ClN6OS2/c1-11-13(18)4-3-5-14(11)21-12(2)22-15(23-16(19)20)10-27-17(26)24-6-8-25-9-7-24/h3-5,21H,2,6-10H2,1H3,(H4,19,20,22,23). The van der Waals surface area contributed by atoms with Gasteiger partial charge >= 0.3 is 0 Å². The van der Waals surface area contributed by atoms with Crippen LogP contribution in [0.4, 0.5) is 5.69 Å². The predicted molar refractivity (Wildman–Crippen MR) is 120 cm³/mol. The first-order valence-corrected chi connectivity index (χ1v) is 10.0. The monoisotopic (exact) mass is 426 g/mol. The molecular formula is C17H23ClN6OS2. The number of nitrogens with zero attached hydrogens (tertiary/aromatic N) is 3. The summed E-state index contributed by atoms with van der Waals surface area (Å²) in [5.74, 6) is 1.17. The van der Waals surface area contributed by atoms with Gasteiger partial charge in [0.1, 0.15) is 16.0 Å². The van der Waals surface area contributed by atoms with Gasteiger partial charge in [-0.1, -0.05) is 48.2 Å². The van der Waals surface area contributed by atoms with Crippen LogP contribution in [0.25, 0.3) is 0 Å². The minimum Gasteiger partial charge on any atom is -0.378 e. The van der Waals surface area contributed by atoms with Crippen LogP contribution < -0.4 is 16.8 Å². The second kappa shape index (κ2) is 10.5. The van der Waals surface area contributed by atoms with Crippen LogP contribution >= 0.6 is 35.6 Å². The number of amidine groups is 1. The van der Waals surface area contributed by atoms with Crippen molar-refractivity contribution in [3.63, 3.8) is 0 Å². The van der Waals surface area contributed by atoms with Gasteiger partial charge < -0.3 is 26.4 Å². The third-order valence-electron chi connectivity index (χ3n) is 3.66. The van der Waals surface area contributed by atoms with E-state index in [0.717, 1.165) is 28.7 Å². The number of thiocarbonyl (C=S) groups is 1. The molecule has 0 bridgehead atoms. The Morgan fingerprint density at radius 2 is 2.07 bits per heavy atom. The molecule has 5 N–H and O–H groups in total. The lowest BCUT2D eigenvalue weighted by molar-refractivity contribution is 0.0702. The molecule has 1 aromatic carbocycles. The number of thioether (sulfide) groups is 1. The van der Waals surface area contributed by atoms with Crippen molar-refractivity contribution < 1.29 is 4.74 Å². The van der Waals surface area contributed by atoms with Crippen LogP contribution in [0.1, 0.15) is 5.56 Å². The van der Waals surface area contributed by atoms with E-state index in [9.17, 15) is 0 Å². The summed E-state index contributed by atoms with van der Waals surface area (Å²) in [5, 5.41) is 3.78.